The van der Waals surface area contributed by atoms with E-state index in [1.807, 2.05) is 0 Å². The Morgan fingerprint density at radius 3 is 2.54 bits per heavy atom. The topological polar surface area (TPSA) is 96.0 Å². The van der Waals surface area contributed by atoms with Crippen molar-refractivity contribution in [3.05, 3.63) is 69.5 Å². The third-order valence-electron chi connectivity index (χ3n) is 4.03. The lowest BCUT2D eigenvalue weighted by atomic mass is 10.1. The third-order valence-corrected chi connectivity index (χ3v) is 5.07. The minimum Gasteiger partial charge on any atom is -0.496 e. The van der Waals surface area contributed by atoms with Gasteiger partial charge in [0.25, 0.3) is 11.6 Å². The van der Waals surface area contributed by atoms with Gasteiger partial charge in [-0.05, 0) is 18.2 Å². The van der Waals surface area contributed by atoms with Gasteiger partial charge in [0, 0.05) is 18.7 Å². The van der Waals surface area contributed by atoms with Crippen molar-refractivity contribution >= 4 is 33.1 Å². The van der Waals surface area contributed by atoms with E-state index in [0.717, 1.165) is 5.52 Å². The van der Waals surface area contributed by atoms with Crippen molar-refractivity contribution in [2.75, 3.05) is 14.2 Å². The average Bonchev–Trinajstić information content (AvgIpc) is 3.03. The first-order chi connectivity index (χ1) is 13.5. The molecule has 3 rings (SSSR count). The minimum absolute atomic E-state index is 0.0243. The number of ether oxygens (including phenoxy) is 2. The van der Waals surface area contributed by atoms with Crippen molar-refractivity contribution in [1.82, 2.24) is 4.57 Å². The molecule has 2 aromatic carbocycles. The fourth-order valence-electron chi connectivity index (χ4n) is 2.77. The van der Waals surface area contributed by atoms with Gasteiger partial charge in [-0.2, -0.15) is 4.99 Å². The molecule has 0 spiro atoms. The standard InChI is InChI=1S/C19H17N3O5S/c1-4-10-21-13-9-8-12(22(24)25)11-16(13)28-19(21)20-18(23)17-14(26-2)6-5-7-15(17)27-3/h4-9,11H,1,10H2,2-3H3. The average molecular weight is 399 g/mol. The second-order valence-corrected chi connectivity index (χ2v) is 6.66. The zero-order chi connectivity index (χ0) is 20.3. The van der Waals surface area contributed by atoms with Crippen LogP contribution in [-0.4, -0.2) is 29.6 Å². The molecule has 28 heavy (non-hydrogen) atoms. The van der Waals surface area contributed by atoms with Crippen LogP contribution in [0.4, 0.5) is 5.69 Å². The van der Waals surface area contributed by atoms with Gasteiger partial charge >= 0.3 is 0 Å². The maximum atomic E-state index is 12.9. The van der Waals surface area contributed by atoms with Crippen molar-refractivity contribution in [2.45, 2.75) is 6.54 Å². The highest BCUT2D eigenvalue weighted by Gasteiger charge is 2.19. The number of non-ortho nitro benzene ring substituents is 1. The molecule has 0 atom stereocenters. The van der Waals surface area contributed by atoms with E-state index in [1.165, 1.54) is 37.7 Å². The molecule has 1 amide bonds. The molecule has 8 nitrogen and oxygen atoms in total. The smallest absolute Gasteiger partial charge is 0.287 e. The number of thiazole rings is 1. The van der Waals surface area contributed by atoms with Gasteiger partial charge in [-0.25, -0.2) is 0 Å². The van der Waals surface area contributed by atoms with Crippen LogP contribution in [0.15, 0.2) is 54.0 Å². The number of nitro benzene ring substituents is 1. The van der Waals surface area contributed by atoms with E-state index in [9.17, 15) is 14.9 Å². The molecule has 0 unspecified atom stereocenters. The fraction of sp³-hybridized carbons (Fsp3) is 0.158. The number of methoxy groups -OCH3 is 2. The van der Waals surface area contributed by atoms with Gasteiger partial charge in [-0.1, -0.05) is 23.5 Å². The van der Waals surface area contributed by atoms with Crippen LogP contribution >= 0.6 is 11.3 Å². The van der Waals surface area contributed by atoms with E-state index in [-0.39, 0.29) is 11.3 Å². The van der Waals surface area contributed by atoms with Gasteiger partial charge in [0.1, 0.15) is 17.1 Å². The first-order valence-electron chi connectivity index (χ1n) is 8.19. The second kappa shape index (κ2) is 8.05. The van der Waals surface area contributed by atoms with Gasteiger partial charge in [-0.15, -0.1) is 6.58 Å². The molecule has 0 aliphatic carbocycles. The minimum atomic E-state index is -0.534. The van der Waals surface area contributed by atoms with E-state index in [0.29, 0.717) is 27.5 Å². The summed E-state index contributed by atoms with van der Waals surface area (Å²) in [5.74, 6) is 0.161. The van der Waals surface area contributed by atoms with Crippen LogP contribution in [-0.2, 0) is 6.54 Å². The highest BCUT2D eigenvalue weighted by atomic mass is 32.1. The third kappa shape index (κ3) is 3.52. The Morgan fingerprint density at radius 2 is 1.96 bits per heavy atom. The van der Waals surface area contributed by atoms with Crippen LogP contribution in [0.25, 0.3) is 10.2 Å². The predicted molar refractivity (Wildman–Crippen MR) is 106 cm³/mol. The summed E-state index contributed by atoms with van der Waals surface area (Å²) in [5, 5.41) is 11.0. The zero-order valence-corrected chi connectivity index (χ0v) is 16.1. The number of nitro groups is 1. The van der Waals surface area contributed by atoms with E-state index in [4.69, 9.17) is 9.47 Å². The van der Waals surface area contributed by atoms with Gasteiger partial charge in [0.05, 0.1) is 29.4 Å². The fourth-order valence-corrected chi connectivity index (χ4v) is 3.84. The van der Waals surface area contributed by atoms with E-state index in [1.54, 1.807) is 34.9 Å². The molecule has 0 aliphatic rings. The van der Waals surface area contributed by atoms with Crippen LogP contribution in [0.1, 0.15) is 10.4 Å². The highest BCUT2D eigenvalue weighted by molar-refractivity contribution is 7.16. The molecule has 0 saturated heterocycles. The van der Waals surface area contributed by atoms with Gasteiger partial charge < -0.3 is 14.0 Å². The Labute approximate surface area is 164 Å². The van der Waals surface area contributed by atoms with Gasteiger partial charge in [0.15, 0.2) is 4.80 Å². The van der Waals surface area contributed by atoms with Crippen molar-refractivity contribution in [3.8, 4) is 11.5 Å². The zero-order valence-electron chi connectivity index (χ0n) is 15.2. The maximum Gasteiger partial charge on any atom is 0.287 e. The molecule has 0 bridgehead atoms. The van der Waals surface area contributed by atoms with Crippen LogP contribution in [0.5, 0.6) is 11.5 Å². The summed E-state index contributed by atoms with van der Waals surface area (Å²) >= 11 is 1.19. The van der Waals surface area contributed by atoms with Crippen molar-refractivity contribution in [2.24, 2.45) is 4.99 Å². The summed E-state index contributed by atoms with van der Waals surface area (Å²) in [6, 6.07) is 9.54. The molecule has 3 aromatic rings. The summed E-state index contributed by atoms with van der Waals surface area (Å²) in [4.78, 5) is 28.1. The maximum absolute atomic E-state index is 12.9. The van der Waals surface area contributed by atoms with Crippen molar-refractivity contribution < 1.29 is 19.2 Å². The molecular weight excluding hydrogens is 382 g/mol. The van der Waals surface area contributed by atoms with Gasteiger partial charge in [0.2, 0.25) is 0 Å². The Bertz CT molecular complexity index is 1120. The van der Waals surface area contributed by atoms with Crippen LogP contribution < -0.4 is 14.3 Å². The number of carbonyl (C=O) groups is 1. The van der Waals surface area contributed by atoms with E-state index in [2.05, 4.69) is 11.6 Å². The van der Waals surface area contributed by atoms with Crippen LogP contribution in [0.2, 0.25) is 0 Å². The van der Waals surface area contributed by atoms with E-state index < -0.39 is 10.8 Å². The summed E-state index contributed by atoms with van der Waals surface area (Å²) in [7, 11) is 2.92. The number of allylic oxidation sites excluding steroid dienone is 1. The van der Waals surface area contributed by atoms with Crippen molar-refractivity contribution in [1.29, 1.82) is 0 Å². The Kier molecular flexibility index (Phi) is 5.55. The molecular formula is C19H17N3O5S. The lowest BCUT2D eigenvalue weighted by Crippen LogP contribution is -2.16. The molecule has 1 heterocycles. The van der Waals surface area contributed by atoms with Crippen LogP contribution in [0.3, 0.4) is 0 Å². The normalized spacial score (nSPS) is 11.4. The Balaban J connectivity index is 2.21. The number of hydrogen-bond donors (Lipinski definition) is 0. The number of nitrogens with zero attached hydrogens (tertiary/aromatic N) is 3. The molecule has 0 fully saturated rings. The number of carbonyl (C=O) groups excluding carboxylic acids is 1. The second-order valence-electron chi connectivity index (χ2n) is 5.65. The van der Waals surface area contributed by atoms with Crippen molar-refractivity contribution in [3.63, 3.8) is 0 Å². The molecule has 0 radical (unpaired) electrons. The molecule has 144 valence electrons. The molecule has 1 aromatic heterocycles. The number of benzene rings is 2. The molecule has 0 saturated carbocycles. The lowest BCUT2D eigenvalue weighted by Gasteiger charge is -2.09. The first kappa shape index (κ1) is 19.3. The van der Waals surface area contributed by atoms with Gasteiger partial charge in [-0.3, -0.25) is 14.9 Å². The molecule has 9 heteroatoms. The number of aromatic nitrogens is 1. The molecule has 0 N–H and O–H groups in total. The SMILES string of the molecule is C=CCn1c(=NC(=O)c2c(OC)cccc2OC)sc2cc([N+](=O)[O-])ccc21. The summed E-state index contributed by atoms with van der Waals surface area (Å²) in [6.45, 7) is 4.13. The molecule has 0 aliphatic heterocycles. The number of fused-ring (bicyclic) bond motifs is 1. The predicted octanol–water partition coefficient (Wildman–Crippen LogP) is 3.56. The summed E-state index contributed by atoms with van der Waals surface area (Å²) < 4.78 is 13.0. The monoisotopic (exact) mass is 399 g/mol. The number of rotatable bonds is 6. The summed E-state index contributed by atoms with van der Waals surface area (Å²) in [6.07, 6.45) is 1.67. The Morgan fingerprint density at radius 1 is 1.29 bits per heavy atom. The quantitative estimate of drug-likeness (QED) is 0.359. The largest absolute Gasteiger partial charge is 0.496 e. The summed E-state index contributed by atoms with van der Waals surface area (Å²) in [5.41, 5.74) is 0.916. The van der Waals surface area contributed by atoms with Crippen LogP contribution in [0, 0.1) is 10.1 Å². The lowest BCUT2D eigenvalue weighted by molar-refractivity contribution is -0.384. The number of amides is 1. The Hall–Kier alpha value is -3.46. The first-order valence-corrected chi connectivity index (χ1v) is 9.00. The highest BCUT2D eigenvalue weighted by Crippen LogP contribution is 2.29. The number of hydrogen-bond acceptors (Lipinski definition) is 6. The van der Waals surface area contributed by atoms with E-state index >= 15 is 0 Å².